The van der Waals surface area contributed by atoms with E-state index in [1.165, 1.54) is 18.5 Å². The van der Waals surface area contributed by atoms with Crippen LogP contribution in [-0.4, -0.2) is 32.8 Å². The molecule has 36 heavy (non-hydrogen) atoms. The second-order valence-electron chi connectivity index (χ2n) is 8.01. The van der Waals surface area contributed by atoms with Crippen LogP contribution in [0, 0.1) is 17.5 Å². The van der Waals surface area contributed by atoms with E-state index in [0.29, 0.717) is 36.5 Å². The van der Waals surface area contributed by atoms with Crippen molar-refractivity contribution in [2.45, 2.75) is 13.0 Å². The Hall–Kier alpha value is -4.61. The van der Waals surface area contributed by atoms with Gasteiger partial charge in [0.15, 0.2) is 11.6 Å². The molecule has 0 atom stereocenters. The number of nitrogens with zero attached hydrogens (tertiary/aromatic N) is 4. The number of pyridine rings is 1. The van der Waals surface area contributed by atoms with Gasteiger partial charge >= 0.3 is 11.4 Å². The lowest BCUT2D eigenvalue weighted by Crippen LogP contribution is -2.42. The van der Waals surface area contributed by atoms with E-state index < -0.39 is 35.4 Å². The van der Waals surface area contributed by atoms with Crippen LogP contribution in [0.2, 0.25) is 0 Å². The lowest BCUT2D eigenvalue weighted by molar-refractivity contribution is 0.357. The smallest absolute Gasteiger partial charge is 0.359 e. The second kappa shape index (κ2) is 9.21. The predicted molar refractivity (Wildman–Crippen MR) is 126 cm³/mol. The molecule has 2 aromatic heterocycles. The summed E-state index contributed by atoms with van der Waals surface area (Å²) in [6.07, 6.45) is 3.47. The van der Waals surface area contributed by atoms with Gasteiger partial charge in [0.25, 0.3) is 0 Å². The first-order valence-electron chi connectivity index (χ1n) is 10.9. The van der Waals surface area contributed by atoms with E-state index in [1.54, 1.807) is 25.2 Å². The van der Waals surface area contributed by atoms with Gasteiger partial charge in [-0.1, -0.05) is 0 Å². The van der Waals surface area contributed by atoms with E-state index in [1.807, 2.05) is 0 Å². The summed E-state index contributed by atoms with van der Waals surface area (Å²) >= 11 is 0. The number of benzene rings is 2. The number of nitrogens with one attached hydrogen (secondary N) is 2. The lowest BCUT2D eigenvalue weighted by Gasteiger charge is -2.16. The molecule has 184 valence electrons. The van der Waals surface area contributed by atoms with Crippen LogP contribution in [0.5, 0.6) is 5.75 Å². The Kier molecular flexibility index (Phi) is 5.92. The maximum Gasteiger partial charge on any atom is 0.359 e. The first-order chi connectivity index (χ1) is 17.3. The van der Waals surface area contributed by atoms with Crippen LogP contribution in [0.1, 0.15) is 11.1 Å². The quantitative estimate of drug-likeness (QED) is 0.396. The molecule has 0 saturated heterocycles. The number of ether oxygens (including phenoxy) is 1. The molecule has 0 bridgehead atoms. The first-order valence-corrected chi connectivity index (χ1v) is 10.9. The number of aromatic nitrogens is 4. The van der Waals surface area contributed by atoms with Crippen molar-refractivity contribution in [3.8, 4) is 11.4 Å². The fourth-order valence-corrected chi connectivity index (χ4v) is 3.89. The Labute approximate surface area is 201 Å². The molecule has 0 amide bonds. The number of fused-ring (bicyclic) bond motifs is 1. The molecule has 9 nitrogen and oxygen atoms in total. The molecule has 0 radical (unpaired) electrons. The highest BCUT2D eigenvalue weighted by Crippen LogP contribution is 2.29. The molecule has 1 aliphatic heterocycles. The van der Waals surface area contributed by atoms with Crippen LogP contribution in [-0.2, 0) is 13.0 Å². The monoisotopic (exact) mass is 496 g/mol. The zero-order valence-corrected chi connectivity index (χ0v) is 18.9. The van der Waals surface area contributed by atoms with Gasteiger partial charge < -0.3 is 15.4 Å². The topological polar surface area (TPSA) is 103 Å². The van der Waals surface area contributed by atoms with Gasteiger partial charge in [-0.15, -0.1) is 0 Å². The van der Waals surface area contributed by atoms with Crippen LogP contribution in [0.4, 0.5) is 30.5 Å². The highest BCUT2D eigenvalue weighted by molar-refractivity contribution is 5.58. The summed E-state index contributed by atoms with van der Waals surface area (Å²) in [6.45, 7) is -0.00239. The van der Waals surface area contributed by atoms with Gasteiger partial charge in [0.2, 0.25) is 5.95 Å². The fraction of sp³-hybridized carbons (Fsp3) is 0.167. The standard InChI is InChI=1S/C24H19F3N6O3/c1-28-16-8-17(11-29-10-16)33-23(34)31-22(30-15-2-3-21-13(6-15)4-5-36-21)32(24(33)35)12-14-7-19(26)20(27)9-18(14)25/h2-3,6-11,28H,4-5,12H2,1H3,(H,30,31,34). The summed E-state index contributed by atoms with van der Waals surface area (Å²) in [5.74, 6) is -3.18. The normalized spacial score (nSPS) is 12.2. The van der Waals surface area contributed by atoms with Gasteiger partial charge in [0.05, 0.1) is 36.9 Å². The molecule has 0 saturated carbocycles. The number of hydrogen-bond donors (Lipinski definition) is 2. The summed E-state index contributed by atoms with van der Waals surface area (Å²) in [5.41, 5.74) is -0.0455. The van der Waals surface area contributed by atoms with Crippen LogP contribution in [0.25, 0.3) is 5.69 Å². The summed E-state index contributed by atoms with van der Waals surface area (Å²) in [7, 11) is 1.64. The van der Waals surface area contributed by atoms with Crippen LogP contribution >= 0.6 is 0 Å². The molecule has 0 aliphatic carbocycles. The van der Waals surface area contributed by atoms with Gasteiger partial charge in [-0.2, -0.15) is 4.98 Å². The van der Waals surface area contributed by atoms with Crippen LogP contribution in [0.15, 0.2) is 58.4 Å². The Morgan fingerprint density at radius 2 is 1.81 bits per heavy atom. The van der Waals surface area contributed by atoms with Gasteiger partial charge in [-0.05, 0) is 35.9 Å². The third-order valence-electron chi connectivity index (χ3n) is 5.70. The van der Waals surface area contributed by atoms with E-state index in [4.69, 9.17) is 4.74 Å². The zero-order chi connectivity index (χ0) is 25.4. The molecule has 5 rings (SSSR count). The average molecular weight is 496 g/mol. The maximum absolute atomic E-state index is 14.5. The molecule has 0 spiro atoms. The summed E-state index contributed by atoms with van der Waals surface area (Å²) < 4.78 is 49.1. The molecule has 2 N–H and O–H groups in total. The fourth-order valence-electron chi connectivity index (χ4n) is 3.89. The Morgan fingerprint density at radius 3 is 2.61 bits per heavy atom. The highest BCUT2D eigenvalue weighted by atomic mass is 19.2. The van der Waals surface area contributed by atoms with Crippen molar-refractivity contribution in [2.75, 3.05) is 24.3 Å². The number of anilines is 3. The molecule has 4 aromatic rings. The van der Waals surface area contributed by atoms with E-state index >= 15 is 0 Å². The van der Waals surface area contributed by atoms with Crippen molar-refractivity contribution in [3.63, 3.8) is 0 Å². The van der Waals surface area contributed by atoms with Crippen LogP contribution in [0.3, 0.4) is 0 Å². The molecular formula is C24H19F3N6O3. The number of rotatable bonds is 6. The predicted octanol–water partition coefficient (Wildman–Crippen LogP) is 2.98. The van der Waals surface area contributed by atoms with Crippen molar-refractivity contribution in [2.24, 2.45) is 0 Å². The van der Waals surface area contributed by atoms with Gasteiger partial charge in [-0.25, -0.2) is 27.3 Å². The Bertz CT molecular complexity index is 1600. The third-order valence-corrected chi connectivity index (χ3v) is 5.70. The molecule has 3 heterocycles. The van der Waals surface area contributed by atoms with Gasteiger partial charge in [0, 0.05) is 30.8 Å². The van der Waals surface area contributed by atoms with Crippen molar-refractivity contribution in [3.05, 3.63) is 98.3 Å². The first kappa shape index (κ1) is 23.1. The van der Waals surface area contributed by atoms with Gasteiger partial charge in [-0.3, -0.25) is 9.55 Å². The maximum atomic E-state index is 14.5. The molecule has 2 aromatic carbocycles. The Morgan fingerprint density at radius 1 is 1.00 bits per heavy atom. The van der Waals surface area contributed by atoms with E-state index in [0.717, 1.165) is 20.4 Å². The van der Waals surface area contributed by atoms with Gasteiger partial charge in [0.1, 0.15) is 11.6 Å². The van der Waals surface area contributed by atoms with Crippen molar-refractivity contribution >= 4 is 17.3 Å². The number of hydrogen-bond acceptors (Lipinski definition) is 7. The minimum absolute atomic E-state index is 0.116. The van der Waals surface area contributed by atoms with E-state index in [-0.39, 0.29) is 17.2 Å². The SMILES string of the molecule is CNc1cncc(-n2c(=O)nc(Nc3ccc4c(c3)CCO4)n(Cc3cc(F)c(F)cc3F)c2=O)c1. The molecule has 0 unspecified atom stereocenters. The van der Waals surface area contributed by atoms with Crippen LogP contribution < -0.4 is 26.7 Å². The zero-order valence-electron chi connectivity index (χ0n) is 18.9. The average Bonchev–Trinajstić information content (AvgIpc) is 3.32. The third kappa shape index (κ3) is 4.28. The summed E-state index contributed by atoms with van der Waals surface area (Å²) in [5, 5.41) is 5.77. The largest absolute Gasteiger partial charge is 0.493 e. The van der Waals surface area contributed by atoms with Crippen molar-refractivity contribution in [1.29, 1.82) is 0 Å². The lowest BCUT2D eigenvalue weighted by atomic mass is 10.1. The van der Waals surface area contributed by atoms with Crippen molar-refractivity contribution in [1.82, 2.24) is 19.1 Å². The van der Waals surface area contributed by atoms with E-state index in [2.05, 4.69) is 20.6 Å². The molecule has 12 heteroatoms. The molecule has 1 aliphatic rings. The Balaban J connectivity index is 1.66. The second-order valence-corrected chi connectivity index (χ2v) is 8.01. The highest BCUT2D eigenvalue weighted by Gasteiger charge is 2.19. The summed E-state index contributed by atoms with van der Waals surface area (Å²) in [6, 6.07) is 7.75. The molecular weight excluding hydrogens is 477 g/mol. The summed E-state index contributed by atoms with van der Waals surface area (Å²) in [4.78, 5) is 34.5. The minimum atomic E-state index is -1.36. The van der Waals surface area contributed by atoms with E-state index in [9.17, 15) is 22.8 Å². The number of halogens is 3. The minimum Gasteiger partial charge on any atom is -0.493 e. The van der Waals surface area contributed by atoms with Crippen molar-refractivity contribution < 1.29 is 17.9 Å². The molecule has 0 fully saturated rings.